The average molecular weight is 263 g/mol. The summed E-state index contributed by atoms with van der Waals surface area (Å²) in [7, 11) is 1.42. The third kappa shape index (κ3) is 3.47. The summed E-state index contributed by atoms with van der Waals surface area (Å²) in [5, 5.41) is 3.43. The second-order valence-corrected chi connectivity index (χ2v) is 4.82. The predicted octanol–water partition coefficient (Wildman–Crippen LogP) is 2.36. The lowest BCUT2D eigenvalue weighted by Crippen LogP contribution is -2.24. The molecule has 0 bridgehead atoms. The van der Waals surface area contributed by atoms with Crippen molar-refractivity contribution in [2.75, 3.05) is 20.3 Å². The highest BCUT2D eigenvalue weighted by Crippen LogP contribution is 2.33. The zero-order chi connectivity index (χ0) is 13.7. The molecule has 0 amide bonds. The summed E-state index contributed by atoms with van der Waals surface area (Å²) in [5.74, 6) is 0.817. The Morgan fingerprint density at radius 1 is 1.53 bits per heavy atom. The molecule has 0 fully saturated rings. The van der Waals surface area contributed by atoms with E-state index in [0.29, 0.717) is 13.0 Å². The molecule has 104 valence electrons. The number of fused-ring (bicyclic) bond motifs is 1. The van der Waals surface area contributed by atoms with Crippen LogP contribution in [0.4, 0.5) is 0 Å². The van der Waals surface area contributed by atoms with E-state index in [1.54, 1.807) is 0 Å². The molecule has 0 aliphatic carbocycles. The fourth-order valence-electron chi connectivity index (χ4n) is 2.43. The summed E-state index contributed by atoms with van der Waals surface area (Å²) >= 11 is 0. The number of aryl methyl sites for hydroxylation is 1. The summed E-state index contributed by atoms with van der Waals surface area (Å²) in [6.07, 6.45) is 2.44. The highest BCUT2D eigenvalue weighted by Gasteiger charge is 2.20. The SMILES string of the molecule is COC(=O)CCNC1CCCOc2c(C)cccc21. The summed E-state index contributed by atoms with van der Waals surface area (Å²) in [6, 6.07) is 6.47. The minimum atomic E-state index is -0.179. The third-order valence-electron chi connectivity index (χ3n) is 3.45. The van der Waals surface area contributed by atoms with Crippen molar-refractivity contribution in [2.45, 2.75) is 32.2 Å². The lowest BCUT2D eigenvalue weighted by molar-refractivity contribution is -0.140. The van der Waals surface area contributed by atoms with Crippen LogP contribution in [0.15, 0.2) is 18.2 Å². The molecule has 1 atom stereocenters. The Morgan fingerprint density at radius 3 is 3.16 bits per heavy atom. The van der Waals surface area contributed by atoms with Crippen LogP contribution in [0.25, 0.3) is 0 Å². The minimum absolute atomic E-state index is 0.179. The molecule has 1 aliphatic heterocycles. The maximum atomic E-state index is 11.1. The molecule has 1 aromatic rings. The minimum Gasteiger partial charge on any atom is -0.493 e. The summed E-state index contributed by atoms with van der Waals surface area (Å²) in [6.45, 7) is 3.45. The van der Waals surface area contributed by atoms with Crippen LogP contribution in [-0.2, 0) is 9.53 Å². The van der Waals surface area contributed by atoms with Crippen molar-refractivity contribution in [3.63, 3.8) is 0 Å². The van der Waals surface area contributed by atoms with Gasteiger partial charge in [-0.15, -0.1) is 0 Å². The van der Waals surface area contributed by atoms with Crippen LogP contribution in [0.1, 0.15) is 36.4 Å². The predicted molar refractivity (Wildman–Crippen MR) is 73.3 cm³/mol. The molecular weight excluding hydrogens is 242 g/mol. The molecule has 0 spiro atoms. The monoisotopic (exact) mass is 263 g/mol. The average Bonchev–Trinajstić information content (AvgIpc) is 2.62. The molecule has 1 heterocycles. The molecule has 4 nitrogen and oxygen atoms in total. The van der Waals surface area contributed by atoms with Crippen molar-refractivity contribution in [3.05, 3.63) is 29.3 Å². The first-order valence-electron chi connectivity index (χ1n) is 6.75. The van der Waals surface area contributed by atoms with Crippen molar-refractivity contribution < 1.29 is 14.3 Å². The molecular formula is C15H21NO3. The largest absolute Gasteiger partial charge is 0.493 e. The van der Waals surface area contributed by atoms with Crippen molar-refractivity contribution in [2.24, 2.45) is 0 Å². The highest BCUT2D eigenvalue weighted by atomic mass is 16.5. The Morgan fingerprint density at radius 2 is 2.37 bits per heavy atom. The van der Waals surface area contributed by atoms with Gasteiger partial charge < -0.3 is 14.8 Å². The van der Waals surface area contributed by atoms with Crippen LogP contribution in [0.2, 0.25) is 0 Å². The van der Waals surface area contributed by atoms with E-state index in [9.17, 15) is 4.79 Å². The van der Waals surface area contributed by atoms with Crippen molar-refractivity contribution in [1.82, 2.24) is 5.32 Å². The van der Waals surface area contributed by atoms with E-state index in [1.807, 2.05) is 0 Å². The number of ether oxygens (including phenoxy) is 2. The van der Waals surface area contributed by atoms with Crippen LogP contribution in [-0.4, -0.2) is 26.2 Å². The van der Waals surface area contributed by atoms with Gasteiger partial charge in [-0.3, -0.25) is 4.79 Å². The number of carbonyl (C=O) groups excluding carboxylic acids is 1. The first-order valence-corrected chi connectivity index (χ1v) is 6.75. The van der Waals surface area contributed by atoms with E-state index in [2.05, 4.69) is 35.2 Å². The molecule has 1 aromatic carbocycles. The first kappa shape index (κ1) is 13.9. The van der Waals surface area contributed by atoms with Crippen LogP contribution in [0.5, 0.6) is 5.75 Å². The Balaban J connectivity index is 2.05. The van der Waals surface area contributed by atoms with Gasteiger partial charge in [-0.05, 0) is 25.3 Å². The van der Waals surface area contributed by atoms with Crippen LogP contribution >= 0.6 is 0 Å². The topological polar surface area (TPSA) is 47.6 Å². The fourth-order valence-corrected chi connectivity index (χ4v) is 2.43. The smallest absolute Gasteiger partial charge is 0.306 e. The lowest BCUT2D eigenvalue weighted by Gasteiger charge is -2.19. The number of benzene rings is 1. The lowest BCUT2D eigenvalue weighted by atomic mass is 10.00. The van der Waals surface area contributed by atoms with Gasteiger partial charge in [-0.25, -0.2) is 0 Å². The van der Waals surface area contributed by atoms with E-state index in [4.69, 9.17) is 4.74 Å². The molecule has 1 N–H and O–H groups in total. The zero-order valence-electron chi connectivity index (χ0n) is 11.6. The van der Waals surface area contributed by atoms with Crippen LogP contribution in [0, 0.1) is 6.92 Å². The quantitative estimate of drug-likeness (QED) is 0.847. The molecule has 4 heteroatoms. The third-order valence-corrected chi connectivity index (χ3v) is 3.45. The maximum Gasteiger partial charge on any atom is 0.306 e. The van der Waals surface area contributed by atoms with Gasteiger partial charge in [0.1, 0.15) is 5.75 Å². The normalized spacial score (nSPS) is 18.1. The van der Waals surface area contributed by atoms with E-state index < -0.39 is 0 Å². The maximum absolute atomic E-state index is 11.1. The molecule has 2 rings (SSSR count). The second-order valence-electron chi connectivity index (χ2n) is 4.82. The number of esters is 1. The van der Waals surface area contributed by atoms with Crippen molar-refractivity contribution in [3.8, 4) is 5.75 Å². The zero-order valence-corrected chi connectivity index (χ0v) is 11.6. The van der Waals surface area contributed by atoms with Gasteiger partial charge >= 0.3 is 5.97 Å². The highest BCUT2D eigenvalue weighted by molar-refractivity contribution is 5.69. The van der Waals surface area contributed by atoms with Gasteiger partial charge in [0.05, 0.1) is 20.1 Å². The van der Waals surface area contributed by atoms with Gasteiger partial charge in [0, 0.05) is 18.2 Å². The molecule has 0 saturated heterocycles. The van der Waals surface area contributed by atoms with Crippen molar-refractivity contribution in [1.29, 1.82) is 0 Å². The summed E-state index contributed by atoms with van der Waals surface area (Å²) in [4.78, 5) is 11.1. The standard InChI is InChI=1S/C15H21NO3/c1-11-5-3-6-12-13(7-4-10-19-15(11)12)16-9-8-14(17)18-2/h3,5-6,13,16H,4,7-10H2,1-2H3. The van der Waals surface area contributed by atoms with Gasteiger partial charge in [-0.2, -0.15) is 0 Å². The summed E-state index contributed by atoms with van der Waals surface area (Å²) in [5.41, 5.74) is 2.36. The Labute approximate surface area is 114 Å². The van der Waals surface area contributed by atoms with E-state index in [1.165, 1.54) is 18.2 Å². The summed E-state index contributed by atoms with van der Waals surface area (Å²) < 4.78 is 10.5. The number of para-hydroxylation sites is 1. The molecule has 0 saturated carbocycles. The van der Waals surface area contributed by atoms with Gasteiger partial charge in [0.25, 0.3) is 0 Å². The Hall–Kier alpha value is -1.55. The van der Waals surface area contributed by atoms with Crippen molar-refractivity contribution >= 4 is 5.97 Å². The van der Waals surface area contributed by atoms with Gasteiger partial charge in [0.15, 0.2) is 0 Å². The van der Waals surface area contributed by atoms with Crippen LogP contribution in [0.3, 0.4) is 0 Å². The number of hydrogen-bond acceptors (Lipinski definition) is 4. The van der Waals surface area contributed by atoms with E-state index in [-0.39, 0.29) is 12.0 Å². The number of carbonyl (C=O) groups is 1. The number of hydrogen-bond donors (Lipinski definition) is 1. The molecule has 1 aliphatic rings. The van der Waals surface area contributed by atoms with Gasteiger partial charge in [0.2, 0.25) is 0 Å². The number of nitrogens with one attached hydrogen (secondary N) is 1. The molecule has 0 radical (unpaired) electrons. The number of rotatable bonds is 4. The fraction of sp³-hybridized carbons (Fsp3) is 0.533. The van der Waals surface area contributed by atoms with E-state index >= 15 is 0 Å². The Kier molecular flexibility index (Phi) is 4.80. The Bertz CT molecular complexity index is 445. The van der Waals surface area contributed by atoms with E-state index in [0.717, 1.165) is 25.2 Å². The molecule has 1 unspecified atom stereocenters. The van der Waals surface area contributed by atoms with Gasteiger partial charge in [-0.1, -0.05) is 18.2 Å². The number of methoxy groups -OCH3 is 1. The first-order chi connectivity index (χ1) is 9.22. The second kappa shape index (κ2) is 6.57. The van der Waals surface area contributed by atoms with Crippen LogP contribution < -0.4 is 10.1 Å². The molecule has 0 aromatic heterocycles. The molecule has 19 heavy (non-hydrogen) atoms.